The molecule has 4 rings (SSSR count). The second-order valence-corrected chi connectivity index (χ2v) is 6.40. The van der Waals surface area contributed by atoms with Gasteiger partial charge in [-0.25, -0.2) is 9.78 Å². The Morgan fingerprint density at radius 2 is 1.92 bits per heavy atom. The molecule has 0 aliphatic carbocycles. The number of aromatic nitrogens is 1. The number of phenols is 1. The summed E-state index contributed by atoms with van der Waals surface area (Å²) in [4.78, 5) is 16.4. The average Bonchev–Trinajstić information content (AvgIpc) is 2.59. The highest BCUT2D eigenvalue weighted by atomic mass is 32.2. The summed E-state index contributed by atoms with van der Waals surface area (Å²) in [6.45, 7) is 0. The summed E-state index contributed by atoms with van der Waals surface area (Å²) in [6, 6.07) is 18.3. The van der Waals surface area contributed by atoms with E-state index in [0.717, 1.165) is 26.9 Å². The fourth-order valence-corrected chi connectivity index (χ4v) is 3.49. The van der Waals surface area contributed by atoms with Crippen molar-refractivity contribution >= 4 is 33.6 Å². The van der Waals surface area contributed by atoms with Crippen LogP contribution in [0.3, 0.4) is 0 Å². The minimum absolute atomic E-state index is 0.0756. The highest BCUT2D eigenvalue weighted by Crippen LogP contribution is 2.28. The van der Waals surface area contributed by atoms with E-state index < -0.39 is 5.63 Å². The van der Waals surface area contributed by atoms with E-state index in [1.165, 1.54) is 12.1 Å². The molecule has 118 valence electrons. The van der Waals surface area contributed by atoms with Crippen LogP contribution in [0.2, 0.25) is 0 Å². The molecule has 1 N–H and O–H groups in total. The molecule has 0 fully saturated rings. The molecule has 24 heavy (non-hydrogen) atoms. The molecule has 4 aromatic rings. The van der Waals surface area contributed by atoms with E-state index in [9.17, 15) is 9.90 Å². The zero-order valence-corrected chi connectivity index (χ0v) is 13.4. The lowest BCUT2D eigenvalue weighted by Gasteiger charge is -2.06. The molecule has 0 amide bonds. The van der Waals surface area contributed by atoms with Gasteiger partial charge in [0.15, 0.2) is 0 Å². The van der Waals surface area contributed by atoms with E-state index in [-0.39, 0.29) is 5.75 Å². The average molecular weight is 335 g/mol. The van der Waals surface area contributed by atoms with Gasteiger partial charge in [0.1, 0.15) is 11.3 Å². The molecule has 0 spiro atoms. The molecule has 4 nitrogen and oxygen atoms in total. The predicted molar refractivity (Wildman–Crippen MR) is 95.5 cm³/mol. The molecule has 0 radical (unpaired) electrons. The van der Waals surface area contributed by atoms with Crippen molar-refractivity contribution in [2.24, 2.45) is 0 Å². The summed E-state index contributed by atoms with van der Waals surface area (Å²) in [5.41, 5.74) is 1.78. The number of phenolic OH excluding ortho intramolecular Hbond substituents is 1. The quantitative estimate of drug-likeness (QED) is 0.446. The minimum Gasteiger partial charge on any atom is -0.508 e. The SMILES string of the molecule is O=c1cc(CSc2ccc3ccccc3n2)c2ccc(O)cc2o1. The second kappa shape index (κ2) is 6.02. The molecule has 0 aliphatic heterocycles. The van der Waals surface area contributed by atoms with Crippen LogP contribution in [0.1, 0.15) is 5.56 Å². The summed E-state index contributed by atoms with van der Waals surface area (Å²) in [5.74, 6) is 0.671. The highest BCUT2D eigenvalue weighted by molar-refractivity contribution is 7.98. The van der Waals surface area contributed by atoms with Gasteiger partial charge in [-0.3, -0.25) is 0 Å². The number of benzene rings is 2. The lowest BCUT2D eigenvalue weighted by molar-refractivity contribution is 0.473. The molecule has 0 saturated carbocycles. The molecule has 0 saturated heterocycles. The Kier molecular flexibility index (Phi) is 3.70. The number of hydrogen-bond donors (Lipinski definition) is 1. The number of pyridine rings is 1. The Labute approximate surface area is 141 Å². The van der Waals surface area contributed by atoms with E-state index in [2.05, 4.69) is 4.98 Å². The van der Waals surface area contributed by atoms with Crippen LogP contribution in [-0.2, 0) is 5.75 Å². The van der Waals surface area contributed by atoms with Crippen molar-refractivity contribution in [2.45, 2.75) is 10.8 Å². The van der Waals surface area contributed by atoms with Crippen molar-refractivity contribution in [1.29, 1.82) is 0 Å². The Morgan fingerprint density at radius 3 is 2.83 bits per heavy atom. The maximum absolute atomic E-state index is 11.7. The zero-order valence-electron chi connectivity index (χ0n) is 12.6. The van der Waals surface area contributed by atoms with E-state index in [0.29, 0.717) is 11.3 Å². The van der Waals surface area contributed by atoms with Crippen LogP contribution in [0.25, 0.3) is 21.9 Å². The van der Waals surface area contributed by atoms with E-state index in [1.54, 1.807) is 23.9 Å². The number of para-hydroxylation sites is 1. The zero-order chi connectivity index (χ0) is 16.5. The van der Waals surface area contributed by atoms with E-state index in [1.807, 2.05) is 36.4 Å². The molecule has 5 heteroatoms. The standard InChI is InChI=1S/C19H13NO3S/c21-14-6-7-15-13(9-19(22)23-17(15)10-14)11-24-18-8-5-12-3-1-2-4-16(12)20-18/h1-10,21H,11H2. The summed E-state index contributed by atoms with van der Waals surface area (Å²) in [5, 5.41) is 12.4. The lowest BCUT2D eigenvalue weighted by Crippen LogP contribution is -1.99. The Balaban J connectivity index is 1.67. The number of nitrogens with zero attached hydrogens (tertiary/aromatic N) is 1. The van der Waals surface area contributed by atoms with Crippen molar-refractivity contribution in [3.05, 3.63) is 76.6 Å². The van der Waals surface area contributed by atoms with Crippen LogP contribution in [0.4, 0.5) is 0 Å². The molecule has 0 atom stereocenters. The normalized spacial score (nSPS) is 11.2. The fourth-order valence-electron chi connectivity index (χ4n) is 2.62. The minimum atomic E-state index is -0.421. The van der Waals surface area contributed by atoms with Crippen molar-refractivity contribution in [2.75, 3.05) is 0 Å². The van der Waals surface area contributed by atoms with Crippen molar-refractivity contribution < 1.29 is 9.52 Å². The Bertz CT molecular complexity index is 1100. The predicted octanol–water partition coefficient (Wildman–Crippen LogP) is 4.34. The molecule has 0 bridgehead atoms. The van der Waals surface area contributed by atoms with Crippen LogP contribution in [0.5, 0.6) is 5.75 Å². The first-order chi connectivity index (χ1) is 11.7. The van der Waals surface area contributed by atoms with Gasteiger partial charge in [0, 0.05) is 28.7 Å². The fraction of sp³-hybridized carbons (Fsp3) is 0.0526. The molecule has 2 heterocycles. The third-order valence-electron chi connectivity index (χ3n) is 3.76. The monoisotopic (exact) mass is 335 g/mol. The van der Waals surface area contributed by atoms with Gasteiger partial charge in [0.05, 0.1) is 10.5 Å². The summed E-state index contributed by atoms with van der Waals surface area (Å²) >= 11 is 1.56. The van der Waals surface area contributed by atoms with E-state index in [4.69, 9.17) is 4.42 Å². The van der Waals surface area contributed by atoms with Gasteiger partial charge >= 0.3 is 5.63 Å². The van der Waals surface area contributed by atoms with Crippen LogP contribution < -0.4 is 5.63 Å². The van der Waals surface area contributed by atoms with Gasteiger partial charge in [-0.1, -0.05) is 24.3 Å². The molecule has 2 aromatic carbocycles. The summed E-state index contributed by atoms with van der Waals surface area (Å²) < 4.78 is 5.15. The summed E-state index contributed by atoms with van der Waals surface area (Å²) in [6.07, 6.45) is 0. The third-order valence-corrected chi connectivity index (χ3v) is 4.74. The van der Waals surface area contributed by atoms with Gasteiger partial charge in [0.25, 0.3) is 0 Å². The largest absolute Gasteiger partial charge is 0.508 e. The van der Waals surface area contributed by atoms with Crippen LogP contribution in [0.15, 0.2) is 74.9 Å². The Morgan fingerprint density at radius 1 is 1.04 bits per heavy atom. The van der Waals surface area contributed by atoms with Crippen LogP contribution >= 0.6 is 11.8 Å². The first kappa shape index (κ1) is 14.8. The van der Waals surface area contributed by atoms with Crippen LogP contribution in [-0.4, -0.2) is 10.1 Å². The number of aromatic hydroxyl groups is 1. The topological polar surface area (TPSA) is 63.3 Å². The van der Waals surface area contributed by atoms with Gasteiger partial charge < -0.3 is 9.52 Å². The number of thioether (sulfide) groups is 1. The van der Waals surface area contributed by atoms with Crippen LogP contribution in [0, 0.1) is 0 Å². The van der Waals surface area contributed by atoms with Gasteiger partial charge in [-0.05, 0) is 29.8 Å². The highest BCUT2D eigenvalue weighted by Gasteiger charge is 2.08. The van der Waals surface area contributed by atoms with Crippen molar-refractivity contribution in [3.8, 4) is 5.75 Å². The number of fused-ring (bicyclic) bond motifs is 2. The summed E-state index contributed by atoms with van der Waals surface area (Å²) in [7, 11) is 0. The Hall–Kier alpha value is -2.79. The molecule has 0 aliphatic rings. The number of hydrogen-bond acceptors (Lipinski definition) is 5. The molecular weight excluding hydrogens is 322 g/mol. The maximum Gasteiger partial charge on any atom is 0.336 e. The number of rotatable bonds is 3. The van der Waals surface area contributed by atoms with Crippen molar-refractivity contribution in [1.82, 2.24) is 4.98 Å². The van der Waals surface area contributed by atoms with E-state index >= 15 is 0 Å². The van der Waals surface area contributed by atoms with Gasteiger partial charge in [-0.15, -0.1) is 11.8 Å². The lowest BCUT2D eigenvalue weighted by atomic mass is 10.1. The second-order valence-electron chi connectivity index (χ2n) is 5.40. The molecule has 0 unspecified atom stereocenters. The smallest absolute Gasteiger partial charge is 0.336 e. The van der Waals surface area contributed by atoms with Gasteiger partial charge in [0.2, 0.25) is 0 Å². The maximum atomic E-state index is 11.7. The first-order valence-corrected chi connectivity index (χ1v) is 8.42. The third kappa shape index (κ3) is 2.86. The molecule has 2 aromatic heterocycles. The molecular formula is C19H13NO3S. The van der Waals surface area contributed by atoms with Crippen molar-refractivity contribution in [3.63, 3.8) is 0 Å². The first-order valence-electron chi connectivity index (χ1n) is 7.43. The van der Waals surface area contributed by atoms with Gasteiger partial charge in [-0.2, -0.15) is 0 Å².